The molecule has 0 spiro atoms. The maximum atomic E-state index is 13.8. The number of aromatic nitrogens is 2. The molecule has 2 aromatic carbocycles. The van der Waals surface area contributed by atoms with E-state index in [9.17, 15) is 22.0 Å². The first-order valence-corrected chi connectivity index (χ1v) is 11.6. The number of amides is 1. The first-order chi connectivity index (χ1) is 15.3. The van der Waals surface area contributed by atoms with Crippen LogP contribution >= 0.6 is 0 Å². The lowest BCUT2D eigenvalue weighted by atomic mass is 9.99. The molecular formula is C22H22F2N4O3S. The lowest BCUT2D eigenvalue weighted by molar-refractivity contribution is -0.120. The largest absolute Gasteiger partial charge is 0.323 e. The second-order valence-electron chi connectivity index (χ2n) is 7.66. The van der Waals surface area contributed by atoms with Gasteiger partial charge >= 0.3 is 0 Å². The van der Waals surface area contributed by atoms with Crippen molar-refractivity contribution >= 4 is 21.6 Å². The Labute approximate surface area is 184 Å². The van der Waals surface area contributed by atoms with E-state index >= 15 is 0 Å². The molecule has 1 saturated heterocycles. The lowest BCUT2D eigenvalue weighted by Gasteiger charge is -2.31. The molecule has 0 saturated carbocycles. The van der Waals surface area contributed by atoms with Crippen LogP contribution in [0.15, 0.2) is 65.8 Å². The van der Waals surface area contributed by atoms with Crippen molar-refractivity contribution in [1.82, 2.24) is 14.1 Å². The van der Waals surface area contributed by atoms with Gasteiger partial charge in [-0.3, -0.25) is 9.48 Å². The monoisotopic (exact) mass is 460 g/mol. The summed E-state index contributed by atoms with van der Waals surface area (Å²) in [6, 6.07) is 11.0. The van der Waals surface area contributed by atoms with Gasteiger partial charge < -0.3 is 5.32 Å². The van der Waals surface area contributed by atoms with Crippen LogP contribution in [-0.2, 0) is 21.4 Å². The van der Waals surface area contributed by atoms with Crippen LogP contribution in [0, 0.1) is 17.6 Å². The Morgan fingerprint density at radius 2 is 1.88 bits per heavy atom. The van der Waals surface area contributed by atoms with Crippen LogP contribution in [0.4, 0.5) is 14.5 Å². The molecule has 4 rings (SSSR count). The zero-order valence-electron chi connectivity index (χ0n) is 17.1. The van der Waals surface area contributed by atoms with Crippen LogP contribution in [0.25, 0.3) is 0 Å². The normalized spacial score (nSPS) is 17.2. The number of sulfonamides is 1. The van der Waals surface area contributed by atoms with Gasteiger partial charge in [0.2, 0.25) is 15.9 Å². The molecular weight excluding hydrogens is 438 g/mol. The Morgan fingerprint density at radius 3 is 2.62 bits per heavy atom. The SMILES string of the molecule is O=C(Nc1cnn(Cc2ccccc2F)c1)C1CCCN(S(=O)(=O)c2ccc(F)cc2)C1. The number of hydrogen-bond donors (Lipinski definition) is 1. The predicted octanol–water partition coefficient (Wildman–Crippen LogP) is 3.25. The number of rotatable bonds is 6. The van der Waals surface area contributed by atoms with Crippen LogP contribution < -0.4 is 5.32 Å². The molecule has 0 bridgehead atoms. The van der Waals surface area contributed by atoms with Crippen molar-refractivity contribution in [3.63, 3.8) is 0 Å². The molecule has 1 N–H and O–H groups in total. The number of anilines is 1. The van der Waals surface area contributed by atoms with Crippen LogP contribution in [0.1, 0.15) is 18.4 Å². The van der Waals surface area contributed by atoms with Crippen LogP contribution in [0.3, 0.4) is 0 Å². The standard InChI is InChI=1S/C22H22F2N4O3S/c23-18-7-9-20(10-8-18)32(30,31)28-11-3-5-17(14-28)22(29)26-19-12-25-27(15-19)13-16-4-1-2-6-21(16)24/h1-2,4,6-10,12,15,17H,3,5,11,13-14H2,(H,26,29). The van der Waals surface area contributed by atoms with Gasteiger partial charge in [-0.05, 0) is 43.2 Å². The average Bonchev–Trinajstić information content (AvgIpc) is 3.22. The summed E-state index contributed by atoms with van der Waals surface area (Å²) in [6.45, 7) is 0.550. The van der Waals surface area contributed by atoms with Crippen molar-refractivity contribution in [3.8, 4) is 0 Å². The number of piperidine rings is 1. The van der Waals surface area contributed by atoms with Gasteiger partial charge in [0.05, 0.1) is 29.2 Å². The van der Waals surface area contributed by atoms with Gasteiger partial charge in [-0.2, -0.15) is 9.40 Å². The van der Waals surface area contributed by atoms with Crippen LogP contribution in [-0.4, -0.2) is 41.5 Å². The van der Waals surface area contributed by atoms with Gasteiger partial charge in [0.1, 0.15) is 11.6 Å². The Morgan fingerprint density at radius 1 is 1.12 bits per heavy atom. The third kappa shape index (κ3) is 4.86. The minimum atomic E-state index is -3.82. The highest BCUT2D eigenvalue weighted by atomic mass is 32.2. The molecule has 168 valence electrons. The topological polar surface area (TPSA) is 84.3 Å². The molecule has 1 aromatic heterocycles. The third-order valence-corrected chi connectivity index (χ3v) is 7.28. The first kappa shape index (κ1) is 22.1. The number of carbonyl (C=O) groups is 1. The Bertz CT molecular complexity index is 1210. The molecule has 1 aliphatic heterocycles. The van der Waals surface area contributed by atoms with E-state index in [1.54, 1.807) is 24.4 Å². The van der Waals surface area contributed by atoms with Gasteiger partial charge in [0.15, 0.2) is 0 Å². The fourth-order valence-corrected chi connectivity index (χ4v) is 5.21. The van der Waals surface area contributed by atoms with Gasteiger partial charge in [-0.15, -0.1) is 0 Å². The molecule has 1 unspecified atom stereocenters. The van der Waals surface area contributed by atoms with E-state index in [0.29, 0.717) is 30.6 Å². The van der Waals surface area contributed by atoms with E-state index < -0.39 is 21.8 Å². The van der Waals surface area contributed by atoms with Crippen molar-refractivity contribution in [1.29, 1.82) is 0 Å². The highest BCUT2D eigenvalue weighted by Gasteiger charge is 2.33. The predicted molar refractivity (Wildman–Crippen MR) is 114 cm³/mol. The molecule has 7 nitrogen and oxygen atoms in total. The summed E-state index contributed by atoms with van der Waals surface area (Å²) in [5, 5.41) is 6.91. The highest BCUT2D eigenvalue weighted by molar-refractivity contribution is 7.89. The van der Waals surface area contributed by atoms with E-state index in [-0.39, 0.29) is 29.7 Å². The molecule has 0 radical (unpaired) electrons. The molecule has 3 aromatic rings. The number of halogens is 2. The average molecular weight is 461 g/mol. The number of nitrogens with one attached hydrogen (secondary N) is 1. The van der Waals surface area contributed by atoms with Gasteiger partial charge in [-0.1, -0.05) is 18.2 Å². The van der Waals surface area contributed by atoms with Crippen molar-refractivity contribution in [3.05, 3.63) is 78.1 Å². The smallest absolute Gasteiger partial charge is 0.243 e. The zero-order valence-corrected chi connectivity index (χ0v) is 17.9. The summed E-state index contributed by atoms with van der Waals surface area (Å²) < 4.78 is 55.5. The maximum Gasteiger partial charge on any atom is 0.243 e. The quantitative estimate of drug-likeness (QED) is 0.612. The molecule has 32 heavy (non-hydrogen) atoms. The fraction of sp³-hybridized carbons (Fsp3) is 0.273. The third-order valence-electron chi connectivity index (χ3n) is 5.40. The van der Waals surface area contributed by atoms with Crippen molar-refractivity contribution in [2.45, 2.75) is 24.3 Å². The molecule has 1 amide bonds. The number of nitrogens with zero attached hydrogens (tertiary/aromatic N) is 3. The van der Waals surface area contributed by atoms with Crippen LogP contribution in [0.2, 0.25) is 0 Å². The number of carbonyl (C=O) groups excluding carboxylic acids is 1. The van der Waals surface area contributed by atoms with Crippen molar-refractivity contribution in [2.75, 3.05) is 18.4 Å². The second-order valence-corrected chi connectivity index (χ2v) is 9.60. The Balaban J connectivity index is 1.40. The minimum absolute atomic E-state index is 0.00520. The lowest BCUT2D eigenvalue weighted by Crippen LogP contribution is -2.43. The zero-order chi connectivity index (χ0) is 22.7. The van der Waals surface area contributed by atoms with Crippen molar-refractivity contribution < 1.29 is 22.0 Å². The number of hydrogen-bond acceptors (Lipinski definition) is 4. The first-order valence-electron chi connectivity index (χ1n) is 10.2. The van der Waals surface area contributed by atoms with Gasteiger partial charge in [-0.25, -0.2) is 17.2 Å². The fourth-order valence-electron chi connectivity index (χ4n) is 3.69. The van der Waals surface area contributed by atoms with E-state index in [1.807, 2.05) is 0 Å². The summed E-state index contributed by atoms with van der Waals surface area (Å²) in [6.07, 6.45) is 4.14. The molecule has 1 aliphatic rings. The molecule has 10 heteroatoms. The summed E-state index contributed by atoms with van der Waals surface area (Å²) in [5.41, 5.74) is 0.923. The summed E-state index contributed by atoms with van der Waals surface area (Å²) in [7, 11) is -3.82. The second kappa shape index (κ2) is 9.17. The highest BCUT2D eigenvalue weighted by Crippen LogP contribution is 2.25. The summed E-state index contributed by atoms with van der Waals surface area (Å²) in [5.74, 6) is -1.70. The van der Waals surface area contributed by atoms with Gasteiger partial charge in [0, 0.05) is 24.8 Å². The van der Waals surface area contributed by atoms with E-state index in [4.69, 9.17) is 0 Å². The van der Waals surface area contributed by atoms with Crippen molar-refractivity contribution in [2.24, 2.45) is 5.92 Å². The van der Waals surface area contributed by atoms with E-state index in [2.05, 4.69) is 10.4 Å². The summed E-state index contributed by atoms with van der Waals surface area (Å²) in [4.78, 5) is 12.8. The summed E-state index contributed by atoms with van der Waals surface area (Å²) >= 11 is 0. The van der Waals surface area contributed by atoms with Crippen LogP contribution in [0.5, 0.6) is 0 Å². The number of benzene rings is 2. The van der Waals surface area contributed by atoms with Gasteiger partial charge in [0.25, 0.3) is 0 Å². The maximum absolute atomic E-state index is 13.8. The minimum Gasteiger partial charge on any atom is -0.323 e. The molecule has 1 fully saturated rings. The molecule has 1 atom stereocenters. The Kier molecular flexibility index (Phi) is 6.33. The Hall–Kier alpha value is -3.11. The van der Waals surface area contributed by atoms with E-state index in [1.165, 1.54) is 33.4 Å². The molecule has 0 aliphatic carbocycles. The molecule has 2 heterocycles. The van der Waals surface area contributed by atoms with E-state index in [0.717, 1.165) is 12.1 Å².